The van der Waals surface area contributed by atoms with Gasteiger partial charge in [0.25, 0.3) is 0 Å². The molecule has 0 unspecified atom stereocenters. The van der Waals surface area contributed by atoms with E-state index in [9.17, 15) is 13.2 Å². The van der Waals surface area contributed by atoms with Gasteiger partial charge in [0, 0.05) is 23.0 Å². The van der Waals surface area contributed by atoms with Gasteiger partial charge in [-0.25, -0.2) is 18.5 Å². The van der Waals surface area contributed by atoms with E-state index in [0.29, 0.717) is 16.7 Å². The number of amides is 1. The highest BCUT2D eigenvalue weighted by atomic mass is 35.5. The average Bonchev–Trinajstić information content (AvgIpc) is 3.48. The summed E-state index contributed by atoms with van der Waals surface area (Å²) in [5.74, 6) is 0.190. The zero-order valence-corrected chi connectivity index (χ0v) is 18.6. The van der Waals surface area contributed by atoms with Gasteiger partial charge in [-0.3, -0.25) is 9.69 Å². The summed E-state index contributed by atoms with van der Waals surface area (Å²) in [4.78, 5) is 20.1. The lowest BCUT2D eigenvalue weighted by Crippen LogP contribution is -2.31. The van der Waals surface area contributed by atoms with Crippen LogP contribution in [-0.2, 0) is 14.8 Å². The Bertz CT molecular complexity index is 1190. The van der Waals surface area contributed by atoms with Crippen LogP contribution < -0.4 is 10.0 Å². The Morgan fingerprint density at radius 3 is 2.27 bits per heavy atom. The first kappa shape index (κ1) is 21.0. The molecule has 1 amide bonds. The van der Waals surface area contributed by atoms with E-state index in [0.717, 1.165) is 34.5 Å². The number of carbonyl (C=O) groups excluding carboxylic acids is 1. The largest absolute Gasteiger partial charge is 0.288 e. The third-order valence-electron chi connectivity index (χ3n) is 4.92. The highest BCUT2D eigenvalue weighted by Gasteiger charge is 2.35. The molecule has 1 aliphatic rings. The number of thiazole rings is 1. The van der Waals surface area contributed by atoms with Crippen LogP contribution in [-0.4, -0.2) is 25.9 Å². The normalized spacial score (nSPS) is 14.0. The van der Waals surface area contributed by atoms with Crippen molar-refractivity contribution in [2.24, 2.45) is 11.1 Å². The maximum atomic E-state index is 12.7. The number of hydrogen-bond donors (Lipinski definition) is 1. The summed E-state index contributed by atoms with van der Waals surface area (Å²) < 4.78 is 23.2. The lowest BCUT2D eigenvalue weighted by molar-refractivity contribution is -0.119. The van der Waals surface area contributed by atoms with Crippen LogP contribution in [0.5, 0.6) is 0 Å². The van der Waals surface area contributed by atoms with Gasteiger partial charge in [-0.1, -0.05) is 47.2 Å². The molecule has 0 saturated heterocycles. The molecule has 1 aliphatic carbocycles. The van der Waals surface area contributed by atoms with Crippen molar-refractivity contribution in [1.29, 1.82) is 0 Å². The average molecular weight is 462 g/mol. The fourth-order valence-electron chi connectivity index (χ4n) is 3.16. The van der Waals surface area contributed by atoms with Gasteiger partial charge >= 0.3 is 0 Å². The van der Waals surface area contributed by atoms with E-state index < -0.39 is 10.0 Å². The molecule has 1 saturated carbocycles. The second-order valence-electron chi connectivity index (χ2n) is 7.11. The lowest BCUT2D eigenvalue weighted by Gasteiger charge is -2.17. The summed E-state index contributed by atoms with van der Waals surface area (Å²) in [5, 5.41) is 6.46. The fourth-order valence-corrected chi connectivity index (χ4v) is 4.96. The van der Waals surface area contributed by atoms with Gasteiger partial charge in [0.05, 0.1) is 15.5 Å². The number of nitrogens with zero attached hydrogens (tertiary/aromatic N) is 2. The minimum atomic E-state index is -3.77. The Morgan fingerprint density at radius 2 is 1.73 bits per heavy atom. The topological polar surface area (TPSA) is 93.4 Å². The number of nitrogens with two attached hydrogens (primary N) is 1. The number of hydrogen-bond acceptors (Lipinski definition) is 5. The minimum absolute atomic E-state index is 0.0446. The predicted octanol–water partition coefficient (Wildman–Crippen LogP) is 4.54. The van der Waals surface area contributed by atoms with Crippen LogP contribution >= 0.6 is 22.9 Å². The van der Waals surface area contributed by atoms with Crippen LogP contribution in [0.4, 0.5) is 5.13 Å². The Kier molecular flexibility index (Phi) is 5.67. The molecule has 1 heterocycles. The smallest absolute Gasteiger partial charge is 0.238 e. The van der Waals surface area contributed by atoms with E-state index in [1.54, 1.807) is 29.2 Å². The van der Waals surface area contributed by atoms with Crippen molar-refractivity contribution in [3.05, 3.63) is 53.6 Å². The summed E-state index contributed by atoms with van der Waals surface area (Å²) in [7, 11) is -3.77. The maximum absolute atomic E-state index is 12.7. The van der Waals surface area contributed by atoms with Crippen molar-refractivity contribution >= 4 is 44.0 Å². The molecule has 0 atom stereocenters. The van der Waals surface area contributed by atoms with Crippen LogP contribution in [0.3, 0.4) is 0 Å². The molecular weight excluding hydrogens is 442 g/mol. The predicted molar refractivity (Wildman–Crippen MR) is 120 cm³/mol. The molecule has 3 aromatic rings. The first-order valence-electron chi connectivity index (χ1n) is 9.49. The van der Waals surface area contributed by atoms with Crippen molar-refractivity contribution in [2.75, 3.05) is 11.4 Å². The number of anilines is 1. The fraction of sp³-hybridized carbons (Fsp3) is 0.238. The highest BCUT2D eigenvalue weighted by molar-refractivity contribution is 7.89. The Hall–Kier alpha value is -2.26. The van der Waals surface area contributed by atoms with Gasteiger partial charge in [0.1, 0.15) is 0 Å². The third kappa shape index (κ3) is 4.27. The van der Waals surface area contributed by atoms with Crippen LogP contribution in [0.1, 0.15) is 19.8 Å². The second kappa shape index (κ2) is 8.11. The molecule has 0 bridgehead atoms. The Labute approximate surface area is 184 Å². The van der Waals surface area contributed by atoms with Crippen molar-refractivity contribution in [3.8, 4) is 21.7 Å². The molecule has 1 aromatic heterocycles. The number of carbonyl (C=O) groups is 1. The zero-order valence-electron chi connectivity index (χ0n) is 16.2. The quantitative estimate of drug-likeness (QED) is 0.583. The summed E-state index contributed by atoms with van der Waals surface area (Å²) >= 11 is 7.45. The number of sulfonamides is 1. The molecular formula is C21H20ClN3O3S2. The Balaban J connectivity index is 1.82. The number of aromatic nitrogens is 1. The van der Waals surface area contributed by atoms with E-state index in [1.165, 1.54) is 23.5 Å². The molecule has 0 aliphatic heterocycles. The molecule has 156 valence electrons. The maximum Gasteiger partial charge on any atom is 0.238 e. The molecule has 9 heteroatoms. The van der Waals surface area contributed by atoms with Gasteiger partial charge < -0.3 is 0 Å². The van der Waals surface area contributed by atoms with Crippen molar-refractivity contribution < 1.29 is 13.2 Å². The molecule has 4 rings (SSSR count). The van der Waals surface area contributed by atoms with E-state index in [2.05, 4.69) is 0 Å². The SMILES string of the molecule is CCN(C(=O)C1CC1)c1nc(-c2ccc(Cl)cc2)c(-c2ccc(S(N)(=O)=O)cc2)s1. The molecule has 6 nitrogen and oxygen atoms in total. The van der Waals surface area contributed by atoms with E-state index >= 15 is 0 Å². The van der Waals surface area contributed by atoms with E-state index in [4.69, 9.17) is 21.7 Å². The van der Waals surface area contributed by atoms with E-state index in [1.807, 2.05) is 19.1 Å². The van der Waals surface area contributed by atoms with Crippen molar-refractivity contribution in [3.63, 3.8) is 0 Å². The third-order valence-corrected chi connectivity index (χ3v) is 7.23. The van der Waals surface area contributed by atoms with Gasteiger partial charge in [-0.05, 0) is 49.6 Å². The van der Waals surface area contributed by atoms with Crippen LogP contribution in [0, 0.1) is 5.92 Å². The molecule has 0 radical (unpaired) electrons. The van der Waals surface area contributed by atoms with Crippen molar-refractivity contribution in [1.82, 2.24) is 4.98 Å². The van der Waals surface area contributed by atoms with Gasteiger partial charge in [-0.15, -0.1) is 0 Å². The summed E-state index contributed by atoms with van der Waals surface area (Å²) in [5.41, 5.74) is 2.38. The van der Waals surface area contributed by atoms with Crippen molar-refractivity contribution in [2.45, 2.75) is 24.7 Å². The number of rotatable bonds is 6. The monoisotopic (exact) mass is 461 g/mol. The zero-order chi connectivity index (χ0) is 21.5. The molecule has 2 aromatic carbocycles. The first-order valence-corrected chi connectivity index (χ1v) is 12.2. The molecule has 0 spiro atoms. The molecule has 30 heavy (non-hydrogen) atoms. The van der Waals surface area contributed by atoms with E-state index in [-0.39, 0.29) is 16.7 Å². The standard InChI is InChI=1S/C21H20ClN3O3S2/c1-2-25(20(26)15-3-4-15)21-24-18(13-5-9-16(22)10-6-13)19(29-21)14-7-11-17(12-8-14)30(23,27)28/h5-12,15H,2-4H2,1H3,(H2,23,27,28). The Morgan fingerprint density at radius 1 is 1.13 bits per heavy atom. The summed E-state index contributed by atoms with van der Waals surface area (Å²) in [6.07, 6.45) is 1.85. The second-order valence-corrected chi connectivity index (χ2v) is 10.1. The van der Waals surface area contributed by atoms with Crippen LogP contribution in [0.2, 0.25) is 5.02 Å². The van der Waals surface area contributed by atoms with Gasteiger partial charge in [-0.2, -0.15) is 0 Å². The van der Waals surface area contributed by atoms with Crippen LogP contribution in [0.25, 0.3) is 21.7 Å². The molecule has 1 fully saturated rings. The van der Waals surface area contributed by atoms with Gasteiger partial charge in [0.2, 0.25) is 15.9 Å². The number of halogens is 1. The minimum Gasteiger partial charge on any atom is -0.288 e. The number of primary sulfonamides is 1. The summed E-state index contributed by atoms with van der Waals surface area (Å²) in [6.45, 7) is 2.47. The van der Waals surface area contributed by atoms with Crippen LogP contribution in [0.15, 0.2) is 53.4 Å². The highest BCUT2D eigenvalue weighted by Crippen LogP contribution is 2.42. The van der Waals surface area contributed by atoms with Gasteiger partial charge in [0.15, 0.2) is 5.13 Å². The number of benzene rings is 2. The molecule has 2 N–H and O–H groups in total. The lowest BCUT2D eigenvalue weighted by atomic mass is 10.1. The summed E-state index contributed by atoms with van der Waals surface area (Å²) in [6, 6.07) is 13.7. The first-order chi connectivity index (χ1) is 14.3.